The third kappa shape index (κ3) is 5.49. The van der Waals surface area contributed by atoms with Gasteiger partial charge in [0.2, 0.25) is 11.8 Å². The molecule has 0 aliphatic heterocycles. The normalized spacial score (nSPS) is 10.3. The fourth-order valence-corrected chi connectivity index (χ4v) is 2.58. The number of nitrogens with one attached hydrogen (secondary N) is 1. The van der Waals surface area contributed by atoms with Crippen LogP contribution < -0.4 is 5.32 Å². The molecule has 5 heteroatoms. The first kappa shape index (κ1) is 18.2. The van der Waals surface area contributed by atoms with Crippen LogP contribution in [0.15, 0.2) is 53.0 Å². The maximum absolute atomic E-state index is 12.1. The minimum absolute atomic E-state index is 0.0360. The molecule has 1 N–H and O–H groups in total. The molecule has 2 aromatic carbocycles. The summed E-state index contributed by atoms with van der Waals surface area (Å²) in [5, 5.41) is 2.87. The van der Waals surface area contributed by atoms with Gasteiger partial charge in [0, 0.05) is 36.6 Å². The zero-order valence-electron chi connectivity index (χ0n) is 13.9. The molecule has 0 saturated carbocycles. The van der Waals surface area contributed by atoms with Crippen LogP contribution in [-0.2, 0) is 16.1 Å². The number of amides is 2. The van der Waals surface area contributed by atoms with Crippen LogP contribution in [0.2, 0.25) is 0 Å². The van der Waals surface area contributed by atoms with Crippen LogP contribution in [-0.4, -0.2) is 23.3 Å². The molecule has 126 valence electrons. The molecule has 2 aromatic rings. The lowest BCUT2D eigenvalue weighted by Gasteiger charge is -2.21. The molecule has 0 unspecified atom stereocenters. The Morgan fingerprint density at radius 2 is 1.83 bits per heavy atom. The number of halogens is 1. The van der Waals surface area contributed by atoms with Crippen molar-refractivity contribution in [2.45, 2.75) is 26.8 Å². The van der Waals surface area contributed by atoms with Gasteiger partial charge in [0.1, 0.15) is 0 Å². The van der Waals surface area contributed by atoms with Gasteiger partial charge in [-0.05, 0) is 36.2 Å². The molecule has 0 aliphatic rings. The summed E-state index contributed by atoms with van der Waals surface area (Å²) in [6, 6.07) is 15.4. The smallest absolute Gasteiger partial charge is 0.226 e. The van der Waals surface area contributed by atoms with Crippen LogP contribution in [0.5, 0.6) is 0 Å². The van der Waals surface area contributed by atoms with Gasteiger partial charge < -0.3 is 10.2 Å². The largest absolute Gasteiger partial charge is 0.338 e. The fourth-order valence-electron chi connectivity index (χ4n) is 2.33. The highest BCUT2D eigenvalue weighted by molar-refractivity contribution is 9.10. The third-order valence-corrected chi connectivity index (χ3v) is 4.60. The number of carbonyl (C=O) groups excluding carboxylic acids is 2. The maximum Gasteiger partial charge on any atom is 0.226 e. The van der Waals surface area contributed by atoms with Gasteiger partial charge in [0.05, 0.1) is 0 Å². The topological polar surface area (TPSA) is 49.4 Å². The highest BCUT2D eigenvalue weighted by Gasteiger charge is 2.12. The molecule has 0 aliphatic carbocycles. The van der Waals surface area contributed by atoms with Crippen molar-refractivity contribution in [2.24, 2.45) is 0 Å². The van der Waals surface area contributed by atoms with Crippen molar-refractivity contribution in [1.82, 2.24) is 4.90 Å². The predicted molar refractivity (Wildman–Crippen MR) is 99.7 cm³/mol. The summed E-state index contributed by atoms with van der Waals surface area (Å²) in [7, 11) is 0. The molecular weight excluding hydrogens is 368 g/mol. The second-order valence-corrected chi connectivity index (χ2v) is 6.54. The minimum atomic E-state index is -0.101. The van der Waals surface area contributed by atoms with Crippen LogP contribution in [0.4, 0.5) is 5.69 Å². The van der Waals surface area contributed by atoms with Crippen LogP contribution in [0.25, 0.3) is 0 Å². The molecule has 0 fully saturated rings. The van der Waals surface area contributed by atoms with E-state index in [9.17, 15) is 9.59 Å². The fraction of sp³-hybridized carbons (Fsp3) is 0.263. The first-order chi connectivity index (χ1) is 11.5. The first-order valence-electron chi connectivity index (χ1n) is 7.81. The zero-order valence-corrected chi connectivity index (χ0v) is 15.5. The van der Waals surface area contributed by atoms with Gasteiger partial charge in [-0.3, -0.25) is 9.59 Å². The van der Waals surface area contributed by atoms with E-state index in [2.05, 4.69) is 21.2 Å². The predicted octanol–water partition coefficient (Wildman–Crippen LogP) is 4.13. The Kier molecular flexibility index (Phi) is 6.55. The summed E-state index contributed by atoms with van der Waals surface area (Å²) >= 11 is 3.44. The van der Waals surface area contributed by atoms with Crippen molar-refractivity contribution in [3.8, 4) is 0 Å². The van der Waals surface area contributed by atoms with Gasteiger partial charge in [-0.1, -0.05) is 46.3 Å². The van der Waals surface area contributed by atoms with Gasteiger partial charge in [0.15, 0.2) is 0 Å². The van der Waals surface area contributed by atoms with E-state index in [-0.39, 0.29) is 18.2 Å². The van der Waals surface area contributed by atoms with Crippen molar-refractivity contribution in [3.63, 3.8) is 0 Å². The van der Waals surface area contributed by atoms with E-state index >= 15 is 0 Å². The summed E-state index contributed by atoms with van der Waals surface area (Å²) < 4.78 is 1.01. The van der Waals surface area contributed by atoms with Crippen molar-refractivity contribution < 1.29 is 9.59 Å². The van der Waals surface area contributed by atoms with Gasteiger partial charge >= 0.3 is 0 Å². The van der Waals surface area contributed by atoms with E-state index in [0.717, 1.165) is 21.3 Å². The van der Waals surface area contributed by atoms with E-state index in [1.54, 1.807) is 4.90 Å². The maximum atomic E-state index is 12.1. The summed E-state index contributed by atoms with van der Waals surface area (Å²) in [4.78, 5) is 25.6. The summed E-state index contributed by atoms with van der Waals surface area (Å²) in [6.07, 6.45) is 0.265. The highest BCUT2D eigenvalue weighted by atomic mass is 79.9. The molecule has 0 saturated heterocycles. The number of rotatable bonds is 6. The Morgan fingerprint density at radius 3 is 2.46 bits per heavy atom. The quantitative estimate of drug-likeness (QED) is 0.808. The van der Waals surface area contributed by atoms with Crippen molar-refractivity contribution in [2.75, 3.05) is 11.9 Å². The van der Waals surface area contributed by atoms with Crippen LogP contribution in [0, 0.1) is 6.92 Å². The number of anilines is 1. The van der Waals surface area contributed by atoms with E-state index in [0.29, 0.717) is 13.1 Å². The Balaban J connectivity index is 1.90. The van der Waals surface area contributed by atoms with E-state index in [1.165, 1.54) is 6.92 Å². The monoisotopic (exact) mass is 388 g/mol. The van der Waals surface area contributed by atoms with Crippen molar-refractivity contribution >= 4 is 33.4 Å². The number of carbonyl (C=O) groups is 2. The van der Waals surface area contributed by atoms with Crippen LogP contribution in [0.1, 0.15) is 24.5 Å². The molecule has 0 heterocycles. The molecule has 0 spiro atoms. The van der Waals surface area contributed by atoms with Gasteiger partial charge in [-0.15, -0.1) is 0 Å². The molecule has 0 radical (unpaired) electrons. The molecule has 0 atom stereocenters. The Bertz CT molecular complexity index is 717. The zero-order chi connectivity index (χ0) is 17.5. The molecule has 0 aromatic heterocycles. The summed E-state index contributed by atoms with van der Waals surface area (Å²) in [6.45, 7) is 4.41. The van der Waals surface area contributed by atoms with E-state index < -0.39 is 0 Å². The molecule has 0 bridgehead atoms. The standard InChI is InChI=1S/C19H21BrN2O2/c1-14-12-17(8-9-18(14)20)21-19(24)10-11-22(15(2)23)13-16-6-4-3-5-7-16/h3-9,12H,10-11,13H2,1-2H3,(H,21,24). The van der Waals surface area contributed by atoms with Gasteiger partial charge in [0.25, 0.3) is 0 Å². The summed E-state index contributed by atoms with van der Waals surface area (Å²) in [5.74, 6) is -0.137. The van der Waals surface area contributed by atoms with Gasteiger partial charge in [-0.2, -0.15) is 0 Å². The lowest BCUT2D eigenvalue weighted by atomic mass is 10.2. The number of nitrogens with zero attached hydrogens (tertiary/aromatic N) is 1. The lowest BCUT2D eigenvalue weighted by molar-refractivity contribution is -0.129. The second-order valence-electron chi connectivity index (χ2n) is 5.69. The SMILES string of the molecule is CC(=O)N(CCC(=O)Nc1ccc(Br)c(C)c1)Cc1ccccc1. The number of benzene rings is 2. The Labute approximate surface area is 151 Å². The van der Waals surface area contributed by atoms with E-state index in [4.69, 9.17) is 0 Å². The van der Waals surface area contributed by atoms with Crippen LogP contribution in [0.3, 0.4) is 0 Å². The molecule has 2 rings (SSSR count). The van der Waals surface area contributed by atoms with Crippen molar-refractivity contribution in [3.05, 3.63) is 64.1 Å². The Hall–Kier alpha value is -2.14. The molecule has 4 nitrogen and oxygen atoms in total. The van der Waals surface area contributed by atoms with Crippen molar-refractivity contribution in [1.29, 1.82) is 0 Å². The molecule has 2 amide bonds. The summed E-state index contributed by atoms with van der Waals surface area (Å²) in [5.41, 5.74) is 2.87. The van der Waals surface area contributed by atoms with Gasteiger partial charge in [-0.25, -0.2) is 0 Å². The second kappa shape index (κ2) is 8.64. The van der Waals surface area contributed by atoms with Crippen LogP contribution >= 0.6 is 15.9 Å². The number of aryl methyl sites for hydroxylation is 1. The number of hydrogen-bond acceptors (Lipinski definition) is 2. The highest BCUT2D eigenvalue weighted by Crippen LogP contribution is 2.20. The molecule has 24 heavy (non-hydrogen) atoms. The Morgan fingerprint density at radius 1 is 1.12 bits per heavy atom. The number of hydrogen-bond donors (Lipinski definition) is 1. The lowest BCUT2D eigenvalue weighted by Crippen LogP contribution is -2.31. The molecular formula is C19H21BrN2O2. The third-order valence-electron chi connectivity index (χ3n) is 3.71. The van der Waals surface area contributed by atoms with E-state index in [1.807, 2.05) is 55.5 Å². The minimum Gasteiger partial charge on any atom is -0.338 e. The average molecular weight is 389 g/mol. The average Bonchev–Trinajstić information content (AvgIpc) is 2.55. The first-order valence-corrected chi connectivity index (χ1v) is 8.60.